The number of aliphatic imine (C=N–C) groups is 2. The van der Waals surface area contributed by atoms with Crippen molar-refractivity contribution in [3.63, 3.8) is 0 Å². The number of ether oxygens (including phenoxy) is 2. The second-order valence-corrected chi connectivity index (χ2v) is 9.43. The number of para-hydroxylation sites is 2. The van der Waals surface area contributed by atoms with E-state index in [9.17, 15) is 10.2 Å². The Morgan fingerprint density at radius 1 is 0.659 bits per heavy atom. The van der Waals surface area contributed by atoms with Crippen LogP contribution in [0.25, 0.3) is 28.0 Å². The molecule has 0 saturated heterocycles. The van der Waals surface area contributed by atoms with Crippen LogP contribution in [-0.4, -0.2) is 41.0 Å². The van der Waals surface area contributed by atoms with Crippen LogP contribution in [0.4, 0.5) is 5.82 Å². The topological polar surface area (TPSA) is 99.4 Å². The minimum absolute atomic E-state index is 0.137. The number of phenolic OH excluding ortho intramolecular Hbond substituents is 2. The third-order valence-corrected chi connectivity index (χ3v) is 6.94. The largest absolute Gasteiger partial charge is 0.507 e. The van der Waals surface area contributed by atoms with Gasteiger partial charge in [-0.3, -0.25) is 0 Å². The molecule has 0 atom stereocenters. The van der Waals surface area contributed by atoms with Gasteiger partial charge in [-0.2, -0.15) is 0 Å². The van der Waals surface area contributed by atoms with Crippen molar-refractivity contribution in [1.82, 2.24) is 4.98 Å². The van der Waals surface area contributed by atoms with Crippen molar-refractivity contribution in [2.24, 2.45) is 9.98 Å². The quantitative estimate of drug-likeness (QED) is 0.200. The number of hydrogen-bond donors (Lipinski definition) is 3. The van der Waals surface area contributed by atoms with E-state index in [4.69, 9.17) is 19.5 Å². The zero-order chi connectivity index (χ0) is 28.3. The molecule has 0 unspecified atom stereocenters. The van der Waals surface area contributed by atoms with Gasteiger partial charge in [-0.1, -0.05) is 48.5 Å². The van der Waals surface area contributed by atoms with Crippen LogP contribution < -0.4 is 9.47 Å². The molecule has 0 bridgehead atoms. The molecule has 5 aromatic rings. The Bertz CT molecular complexity index is 1810. The van der Waals surface area contributed by atoms with Crippen LogP contribution in [0.3, 0.4) is 0 Å². The summed E-state index contributed by atoms with van der Waals surface area (Å²) in [6.45, 7) is 0. The molecule has 0 saturated carbocycles. The van der Waals surface area contributed by atoms with E-state index in [1.165, 1.54) is 0 Å². The lowest BCUT2D eigenvalue weighted by molar-refractivity contribution is 0.414. The summed E-state index contributed by atoms with van der Waals surface area (Å²) in [5.41, 5.74) is 6.03. The number of allylic oxidation sites excluding steroid dienone is 1. The van der Waals surface area contributed by atoms with Gasteiger partial charge < -0.3 is 24.7 Å². The van der Waals surface area contributed by atoms with E-state index in [0.717, 1.165) is 33.8 Å². The number of amidine groups is 1. The average Bonchev–Trinajstić information content (AvgIpc) is 3.62. The number of aromatic hydroxyl groups is 2. The van der Waals surface area contributed by atoms with E-state index in [1.807, 2.05) is 84.9 Å². The lowest BCUT2D eigenvalue weighted by Crippen LogP contribution is -1.96. The molecular weight excluding hydrogens is 514 g/mol. The molecule has 202 valence electrons. The molecule has 1 aliphatic rings. The smallest absolute Gasteiger partial charge is 0.162 e. The normalized spacial score (nSPS) is 13.7. The first-order valence-corrected chi connectivity index (χ1v) is 13.0. The van der Waals surface area contributed by atoms with E-state index in [2.05, 4.69) is 4.98 Å². The van der Waals surface area contributed by atoms with Gasteiger partial charge in [0.2, 0.25) is 0 Å². The van der Waals surface area contributed by atoms with Crippen molar-refractivity contribution >= 4 is 22.9 Å². The molecule has 2 heterocycles. The molecule has 6 rings (SSSR count). The third kappa shape index (κ3) is 5.08. The number of phenols is 2. The Hall–Kier alpha value is -5.56. The lowest BCUT2D eigenvalue weighted by atomic mass is 10.0. The van der Waals surface area contributed by atoms with Crippen molar-refractivity contribution in [1.29, 1.82) is 0 Å². The van der Waals surface area contributed by atoms with Gasteiger partial charge in [0, 0.05) is 22.3 Å². The van der Waals surface area contributed by atoms with Crippen molar-refractivity contribution < 1.29 is 19.7 Å². The molecule has 1 aliphatic heterocycles. The summed E-state index contributed by atoms with van der Waals surface area (Å²) in [6.07, 6.45) is 1.93. The number of aromatic amines is 1. The highest BCUT2D eigenvalue weighted by Crippen LogP contribution is 2.39. The minimum Gasteiger partial charge on any atom is -0.507 e. The highest BCUT2D eigenvalue weighted by molar-refractivity contribution is 6.38. The van der Waals surface area contributed by atoms with Crippen LogP contribution in [0.5, 0.6) is 23.0 Å². The number of H-pyrrole nitrogens is 1. The number of aromatic nitrogens is 1. The SMILES string of the molecule is COc1ccc(C2=CC(c3ccccc3O)=N/C2=N/c2[nH]c(-c3ccccc3O)cc2-c2ccc(OC)cc2)cc1. The maximum atomic E-state index is 10.6. The highest BCUT2D eigenvalue weighted by atomic mass is 16.5. The van der Waals surface area contributed by atoms with Gasteiger partial charge in [0.15, 0.2) is 5.84 Å². The van der Waals surface area contributed by atoms with Crippen molar-refractivity contribution in [2.45, 2.75) is 0 Å². The molecule has 7 nitrogen and oxygen atoms in total. The third-order valence-electron chi connectivity index (χ3n) is 6.94. The average molecular weight is 542 g/mol. The summed E-state index contributed by atoms with van der Waals surface area (Å²) >= 11 is 0. The molecule has 0 radical (unpaired) electrons. The van der Waals surface area contributed by atoms with Gasteiger partial charge in [-0.25, -0.2) is 9.98 Å². The van der Waals surface area contributed by atoms with Crippen LogP contribution in [0.2, 0.25) is 0 Å². The standard InChI is InChI=1S/C34H27N3O4/c1-40-23-15-11-21(12-16-23)27-19-29(25-7-3-5-9-31(25)38)35-33(27)37-34-28(22-13-17-24(41-2)18-14-22)20-30(36-34)26-8-4-6-10-32(26)39/h3-20,35,38-39H,1-2H3/b37-34+. The number of hydrogen-bond acceptors (Lipinski definition) is 5. The van der Waals surface area contributed by atoms with E-state index < -0.39 is 0 Å². The van der Waals surface area contributed by atoms with Crippen LogP contribution in [0.15, 0.2) is 119 Å². The first kappa shape index (κ1) is 25.7. The van der Waals surface area contributed by atoms with Gasteiger partial charge in [0.05, 0.1) is 25.6 Å². The second kappa shape index (κ2) is 10.9. The Labute approximate surface area is 237 Å². The second-order valence-electron chi connectivity index (χ2n) is 9.43. The summed E-state index contributed by atoms with van der Waals surface area (Å²) in [5.74, 6) is 2.84. The fourth-order valence-corrected chi connectivity index (χ4v) is 4.78. The molecule has 41 heavy (non-hydrogen) atoms. The zero-order valence-electron chi connectivity index (χ0n) is 22.5. The van der Waals surface area contributed by atoms with E-state index in [1.54, 1.807) is 38.5 Å². The Morgan fingerprint density at radius 3 is 1.80 bits per heavy atom. The number of rotatable bonds is 7. The summed E-state index contributed by atoms with van der Waals surface area (Å²) < 4.78 is 10.7. The Morgan fingerprint density at radius 2 is 1.22 bits per heavy atom. The van der Waals surface area contributed by atoms with Crippen LogP contribution in [0.1, 0.15) is 11.1 Å². The van der Waals surface area contributed by atoms with Gasteiger partial charge >= 0.3 is 0 Å². The van der Waals surface area contributed by atoms with Crippen molar-refractivity contribution in [3.8, 4) is 45.4 Å². The first-order chi connectivity index (χ1) is 20.0. The minimum atomic E-state index is 0.137. The predicted molar refractivity (Wildman–Crippen MR) is 163 cm³/mol. The molecule has 0 aliphatic carbocycles. The van der Waals surface area contributed by atoms with Crippen LogP contribution in [-0.2, 0) is 0 Å². The first-order valence-electron chi connectivity index (χ1n) is 13.0. The molecule has 1 aromatic heterocycles. The van der Waals surface area contributed by atoms with Gasteiger partial charge in [-0.15, -0.1) is 0 Å². The number of methoxy groups -OCH3 is 2. The van der Waals surface area contributed by atoms with Gasteiger partial charge in [0.25, 0.3) is 0 Å². The maximum Gasteiger partial charge on any atom is 0.162 e. The van der Waals surface area contributed by atoms with Gasteiger partial charge in [-0.05, 0) is 71.8 Å². The Kier molecular flexibility index (Phi) is 6.83. The van der Waals surface area contributed by atoms with Crippen molar-refractivity contribution in [2.75, 3.05) is 14.2 Å². The number of benzene rings is 4. The maximum absolute atomic E-state index is 10.6. The molecule has 0 spiro atoms. The van der Waals surface area contributed by atoms with E-state index in [-0.39, 0.29) is 11.5 Å². The summed E-state index contributed by atoms with van der Waals surface area (Å²) in [5, 5.41) is 21.1. The highest BCUT2D eigenvalue weighted by Gasteiger charge is 2.22. The van der Waals surface area contributed by atoms with Crippen LogP contribution in [0, 0.1) is 0 Å². The summed E-state index contributed by atoms with van der Waals surface area (Å²) in [6, 6.07) is 31.6. The van der Waals surface area contributed by atoms with Gasteiger partial charge in [0.1, 0.15) is 28.8 Å². The van der Waals surface area contributed by atoms with Crippen molar-refractivity contribution in [3.05, 3.63) is 120 Å². The fraction of sp³-hybridized carbons (Fsp3) is 0.0588. The number of nitrogens with zero attached hydrogens (tertiary/aromatic N) is 2. The number of nitrogens with one attached hydrogen (secondary N) is 1. The molecule has 7 heteroatoms. The molecule has 0 fully saturated rings. The molecular formula is C34H27N3O4. The fourth-order valence-electron chi connectivity index (χ4n) is 4.78. The molecule has 3 N–H and O–H groups in total. The summed E-state index contributed by atoms with van der Waals surface area (Å²) in [7, 11) is 3.26. The van der Waals surface area contributed by atoms with E-state index in [0.29, 0.717) is 34.2 Å². The van der Waals surface area contributed by atoms with E-state index >= 15 is 0 Å². The lowest BCUT2D eigenvalue weighted by Gasteiger charge is -2.06. The monoisotopic (exact) mass is 541 g/mol. The molecule has 4 aromatic carbocycles. The summed E-state index contributed by atoms with van der Waals surface area (Å²) in [4.78, 5) is 13.3. The zero-order valence-corrected chi connectivity index (χ0v) is 22.5. The molecule has 0 amide bonds. The predicted octanol–water partition coefficient (Wildman–Crippen LogP) is 7.39. The Balaban J connectivity index is 1.53. The van der Waals surface area contributed by atoms with Crippen LogP contribution >= 0.6 is 0 Å².